The summed E-state index contributed by atoms with van der Waals surface area (Å²) < 4.78 is 6.59. The van der Waals surface area contributed by atoms with Crippen LogP contribution in [0.2, 0.25) is 0 Å². The summed E-state index contributed by atoms with van der Waals surface area (Å²) in [5.41, 5.74) is 3.17. The minimum Gasteiger partial charge on any atom is -0.507 e. The van der Waals surface area contributed by atoms with Gasteiger partial charge >= 0.3 is 5.91 Å². The summed E-state index contributed by atoms with van der Waals surface area (Å²) in [6, 6.07) is 15.4. The molecule has 0 aliphatic carbocycles. The van der Waals surface area contributed by atoms with Gasteiger partial charge in [-0.05, 0) is 73.0 Å². The number of hydrogen-bond donors (Lipinski definition) is 1. The lowest BCUT2D eigenvalue weighted by molar-refractivity contribution is -0.384. The van der Waals surface area contributed by atoms with Crippen molar-refractivity contribution in [1.82, 2.24) is 4.98 Å². The van der Waals surface area contributed by atoms with Gasteiger partial charge in [0.25, 0.3) is 11.5 Å². The lowest BCUT2D eigenvalue weighted by Crippen LogP contribution is -2.29. The van der Waals surface area contributed by atoms with Gasteiger partial charge in [-0.1, -0.05) is 17.4 Å². The summed E-state index contributed by atoms with van der Waals surface area (Å²) in [7, 11) is 0. The summed E-state index contributed by atoms with van der Waals surface area (Å²) in [6.07, 6.45) is 0.651. The summed E-state index contributed by atoms with van der Waals surface area (Å²) in [5.74, 6) is -1.30. The number of nitro benzene ring substituents is 1. The minimum atomic E-state index is -1.03. The Hall–Kier alpha value is -4.57. The molecule has 10 heteroatoms. The third-order valence-corrected chi connectivity index (χ3v) is 7.79. The minimum absolute atomic E-state index is 0.00393. The number of non-ortho nitro benzene ring substituents is 1. The predicted octanol–water partition coefficient (Wildman–Crippen LogP) is 5.46. The zero-order chi connectivity index (χ0) is 26.7. The molecule has 1 aromatic heterocycles. The van der Waals surface area contributed by atoms with Crippen molar-refractivity contribution in [3.8, 4) is 5.75 Å². The van der Waals surface area contributed by atoms with Gasteiger partial charge in [0.15, 0.2) is 5.13 Å². The average molecular weight is 528 g/mol. The Morgan fingerprint density at radius 1 is 1.13 bits per heavy atom. The van der Waals surface area contributed by atoms with Crippen LogP contribution in [0.1, 0.15) is 35.2 Å². The van der Waals surface area contributed by atoms with E-state index < -0.39 is 22.7 Å². The van der Waals surface area contributed by atoms with Gasteiger partial charge in [0.2, 0.25) is 0 Å². The SMILES string of the molecule is Cc1ccc2nc(N3C(=O)C(=O)/C(=C(/O)c4ccc5c(c4)C[C@H](C)O5)[C@H]3c3ccc([N+](=O)[O-])cc3)sc2c1. The van der Waals surface area contributed by atoms with Crippen LogP contribution in [0, 0.1) is 17.0 Å². The smallest absolute Gasteiger partial charge is 0.301 e. The van der Waals surface area contributed by atoms with Crippen molar-refractivity contribution in [1.29, 1.82) is 0 Å². The van der Waals surface area contributed by atoms with Crippen LogP contribution >= 0.6 is 11.3 Å². The van der Waals surface area contributed by atoms with E-state index in [-0.39, 0.29) is 23.1 Å². The number of aryl methyl sites for hydroxylation is 1. The number of ether oxygens (including phenoxy) is 1. The van der Waals surface area contributed by atoms with Crippen LogP contribution in [0.3, 0.4) is 0 Å². The van der Waals surface area contributed by atoms with Crippen LogP contribution in [0.25, 0.3) is 16.0 Å². The number of aliphatic hydroxyl groups excluding tert-OH is 1. The molecule has 2 atom stereocenters. The highest BCUT2D eigenvalue weighted by Gasteiger charge is 2.48. The fraction of sp³-hybridized carbons (Fsp3) is 0.179. The second-order valence-electron chi connectivity index (χ2n) is 9.44. The molecule has 190 valence electrons. The number of fused-ring (bicyclic) bond motifs is 2. The Labute approximate surface area is 220 Å². The second kappa shape index (κ2) is 8.77. The molecule has 0 saturated carbocycles. The molecule has 4 aromatic rings. The van der Waals surface area contributed by atoms with Gasteiger partial charge in [0, 0.05) is 24.1 Å². The quantitative estimate of drug-likeness (QED) is 0.123. The van der Waals surface area contributed by atoms with Crippen molar-refractivity contribution < 1.29 is 24.4 Å². The van der Waals surface area contributed by atoms with Crippen molar-refractivity contribution in [3.05, 3.63) is 98.6 Å². The molecule has 38 heavy (non-hydrogen) atoms. The molecule has 2 aliphatic rings. The first kappa shape index (κ1) is 23.8. The number of aromatic nitrogens is 1. The van der Waals surface area contributed by atoms with E-state index in [0.717, 1.165) is 15.8 Å². The average Bonchev–Trinajstić information content (AvgIpc) is 3.55. The van der Waals surface area contributed by atoms with Gasteiger partial charge < -0.3 is 9.84 Å². The molecular formula is C28H21N3O6S. The van der Waals surface area contributed by atoms with Gasteiger partial charge in [-0.3, -0.25) is 24.6 Å². The Kier molecular flexibility index (Phi) is 5.50. The number of rotatable bonds is 4. The summed E-state index contributed by atoms with van der Waals surface area (Å²) in [4.78, 5) is 43.5. The largest absolute Gasteiger partial charge is 0.507 e. The Morgan fingerprint density at radius 2 is 1.89 bits per heavy atom. The number of anilines is 1. The maximum Gasteiger partial charge on any atom is 0.301 e. The molecule has 1 amide bonds. The van der Waals surface area contributed by atoms with Gasteiger partial charge in [0.1, 0.15) is 17.6 Å². The van der Waals surface area contributed by atoms with Gasteiger partial charge in [0.05, 0.1) is 26.8 Å². The van der Waals surface area contributed by atoms with Crippen molar-refractivity contribution in [2.45, 2.75) is 32.4 Å². The fourth-order valence-electron chi connectivity index (χ4n) is 4.97. The van der Waals surface area contributed by atoms with Crippen LogP contribution < -0.4 is 9.64 Å². The maximum absolute atomic E-state index is 13.5. The van der Waals surface area contributed by atoms with Crippen LogP contribution in [-0.4, -0.2) is 32.8 Å². The van der Waals surface area contributed by atoms with Crippen LogP contribution in [-0.2, 0) is 16.0 Å². The first-order chi connectivity index (χ1) is 18.2. The van der Waals surface area contributed by atoms with Crippen molar-refractivity contribution in [2.75, 3.05) is 4.90 Å². The zero-order valence-corrected chi connectivity index (χ0v) is 21.2. The Bertz CT molecular complexity index is 1690. The van der Waals surface area contributed by atoms with Crippen LogP contribution in [0.15, 0.2) is 66.2 Å². The monoisotopic (exact) mass is 527 g/mol. The van der Waals surface area contributed by atoms with Crippen LogP contribution in [0.4, 0.5) is 10.8 Å². The third-order valence-electron chi connectivity index (χ3n) is 6.77. The van der Waals surface area contributed by atoms with E-state index in [4.69, 9.17) is 4.74 Å². The van der Waals surface area contributed by atoms with E-state index in [1.807, 2.05) is 32.0 Å². The third kappa shape index (κ3) is 3.81. The predicted molar refractivity (Wildman–Crippen MR) is 142 cm³/mol. The highest BCUT2D eigenvalue weighted by Crippen LogP contribution is 2.45. The number of hydrogen-bond acceptors (Lipinski definition) is 8. The van der Waals surface area contributed by atoms with E-state index in [0.29, 0.717) is 33.9 Å². The molecule has 0 radical (unpaired) electrons. The molecule has 1 saturated heterocycles. The molecule has 3 aromatic carbocycles. The number of amides is 1. The van der Waals surface area contributed by atoms with Gasteiger partial charge in [-0.25, -0.2) is 4.98 Å². The van der Waals surface area contributed by atoms with Crippen molar-refractivity contribution in [3.63, 3.8) is 0 Å². The number of nitrogens with zero attached hydrogens (tertiary/aromatic N) is 3. The summed E-state index contributed by atoms with van der Waals surface area (Å²) in [6.45, 7) is 3.89. The number of benzene rings is 3. The van der Waals surface area contributed by atoms with Gasteiger partial charge in [-0.2, -0.15) is 0 Å². The molecule has 1 N–H and O–H groups in total. The Morgan fingerprint density at radius 3 is 2.63 bits per heavy atom. The van der Waals surface area contributed by atoms with Crippen LogP contribution in [0.5, 0.6) is 5.75 Å². The normalized spacial score (nSPS) is 20.1. The number of nitro groups is 1. The number of thiazole rings is 1. The highest BCUT2D eigenvalue weighted by molar-refractivity contribution is 7.22. The lowest BCUT2D eigenvalue weighted by atomic mass is 9.94. The molecule has 0 bridgehead atoms. The topological polar surface area (TPSA) is 123 Å². The number of aliphatic hydroxyl groups is 1. The molecule has 6 rings (SSSR count). The van der Waals surface area contributed by atoms with Crippen molar-refractivity contribution in [2.24, 2.45) is 0 Å². The number of Topliss-reactive ketones (excluding diaryl/α,β-unsaturated/α-hetero) is 1. The molecule has 3 heterocycles. The first-order valence-electron chi connectivity index (χ1n) is 11.9. The number of carbonyl (C=O) groups is 2. The molecule has 0 spiro atoms. The fourth-order valence-corrected chi connectivity index (χ4v) is 6.06. The molecular weight excluding hydrogens is 506 g/mol. The standard InChI is InChI=1S/C28H21N3O6S/c1-14-3-9-20-22(11-14)38-28(29-20)30-24(16-4-7-19(8-5-16)31(35)36)23(26(33)27(30)34)25(32)17-6-10-21-18(13-17)12-15(2)37-21/h3-11,13,15,24,32H,12H2,1-2H3/b25-23+/t15-,24+/m0/s1. The number of carbonyl (C=O) groups excluding carboxylic acids is 2. The molecule has 1 fully saturated rings. The summed E-state index contributed by atoms with van der Waals surface area (Å²) in [5, 5.41) is 23.0. The lowest BCUT2D eigenvalue weighted by Gasteiger charge is -2.23. The summed E-state index contributed by atoms with van der Waals surface area (Å²) >= 11 is 1.26. The van der Waals surface area contributed by atoms with Crippen molar-refractivity contribution >= 4 is 49.8 Å². The first-order valence-corrected chi connectivity index (χ1v) is 12.8. The molecule has 2 aliphatic heterocycles. The highest BCUT2D eigenvalue weighted by atomic mass is 32.1. The Balaban J connectivity index is 1.53. The molecule has 9 nitrogen and oxygen atoms in total. The van der Waals surface area contributed by atoms with E-state index in [9.17, 15) is 24.8 Å². The van der Waals surface area contributed by atoms with E-state index in [1.54, 1.807) is 18.2 Å². The molecule has 0 unspecified atom stereocenters. The zero-order valence-electron chi connectivity index (χ0n) is 20.4. The van der Waals surface area contributed by atoms with E-state index in [1.165, 1.54) is 40.5 Å². The van der Waals surface area contributed by atoms with Gasteiger partial charge in [-0.15, -0.1) is 0 Å². The maximum atomic E-state index is 13.5. The second-order valence-corrected chi connectivity index (χ2v) is 10.4. The van der Waals surface area contributed by atoms with E-state index in [2.05, 4.69) is 4.98 Å². The van der Waals surface area contributed by atoms with E-state index >= 15 is 0 Å². The number of ketones is 1.